The number of thiophene rings is 1. The summed E-state index contributed by atoms with van der Waals surface area (Å²) in [4.78, 5) is 16.2. The lowest BCUT2D eigenvalue weighted by Gasteiger charge is -2.22. The van der Waals surface area contributed by atoms with Crippen LogP contribution in [0.25, 0.3) is 11.1 Å². The quantitative estimate of drug-likeness (QED) is 0.640. The van der Waals surface area contributed by atoms with E-state index in [0.29, 0.717) is 11.1 Å². The van der Waals surface area contributed by atoms with Gasteiger partial charge in [0.05, 0.1) is 12.1 Å². The van der Waals surface area contributed by atoms with E-state index in [1.165, 1.54) is 11.3 Å². The molecule has 1 amide bonds. The first-order valence-corrected chi connectivity index (χ1v) is 7.92. The molecule has 3 aromatic rings. The molecule has 0 aliphatic rings. The summed E-state index contributed by atoms with van der Waals surface area (Å²) >= 11 is 6.36. The zero-order valence-corrected chi connectivity index (χ0v) is 13.4. The van der Waals surface area contributed by atoms with Gasteiger partial charge in [-0.15, -0.1) is 11.3 Å². The Balaban J connectivity index is 1.74. The molecule has 5 nitrogen and oxygen atoms in total. The fourth-order valence-electron chi connectivity index (χ4n) is 2.11. The second kappa shape index (κ2) is 5.68. The predicted molar refractivity (Wildman–Crippen MR) is 87.6 cm³/mol. The van der Waals surface area contributed by atoms with Gasteiger partial charge in [-0.1, -0.05) is 6.07 Å². The Morgan fingerprint density at radius 2 is 2.32 bits per heavy atom. The van der Waals surface area contributed by atoms with Crippen LogP contribution in [0.2, 0.25) is 0 Å². The van der Waals surface area contributed by atoms with Crippen molar-refractivity contribution in [2.24, 2.45) is 0 Å². The van der Waals surface area contributed by atoms with Gasteiger partial charge in [-0.3, -0.25) is 4.79 Å². The summed E-state index contributed by atoms with van der Waals surface area (Å²) in [6, 6.07) is 8.74. The average molecular weight is 334 g/mol. The molecular weight excluding hydrogens is 320 g/mol. The Kier molecular flexibility index (Phi) is 3.86. The number of aromatic nitrogens is 1. The van der Waals surface area contributed by atoms with Gasteiger partial charge < -0.3 is 19.8 Å². The lowest BCUT2D eigenvalue weighted by molar-refractivity contribution is 0.0557. The molecule has 0 radical (unpaired) electrons. The van der Waals surface area contributed by atoms with Crippen LogP contribution in [0.15, 0.2) is 40.1 Å². The van der Waals surface area contributed by atoms with Crippen molar-refractivity contribution in [3.63, 3.8) is 0 Å². The van der Waals surface area contributed by atoms with Crippen molar-refractivity contribution >= 4 is 40.6 Å². The normalized spacial score (nSPS) is 13.9. The van der Waals surface area contributed by atoms with E-state index in [2.05, 4.69) is 10.3 Å². The molecule has 0 fully saturated rings. The smallest absolute Gasteiger partial charge is 0.266 e. The summed E-state index contributed by atoms with van der Waals surface area (Å²) in [5.74, 6) is -0.277. The summed E-state index contributed by atoms with van der Waals surface area (Å²) in [7, 11) is 0. The van der Waals surface area contributed by atoms with Crippen LogP contribution in [0.5, 0.6) is 0 Å². The molecule has 3 rings (SSSR count). The number of benzene rings is 1. The van der Waals surface area contributed by atoms with Crippen molar-refractivity contribution < 1.29 is 14.3 Å². The van der Waals surface area contributed by atoms with Gasteiger partial charge in [-0.25, -0.2) is 0 Å². The van der Waals surface area contributed by atoms with Crippen molar-refractivity contribution in [1.29, 1.82) is 0 Å². The van der Waals surface area contributed by atoms with Gasteiger partial charge in [0.25, 0.3) is 10.7 Å². The average Bonchev–Trinajstić information content (AvgIpc) is 3.12. The summed E-state index contributed by atoms with van der Waals surface area (Å²) in [5.41, 5.74) is 0.627. The van der Waals surface area contributed by atoms with E-state index >= 15 is 0 Å². The zero-order valence-electron chi connectivity index (χ0n) is 11.8. The summed E-state index contributed by atoms with van der Waals surface area (Å²) < 4.78 is 5.29. The molecule has 7 heteroatoms. The van der Waals surface area contributed by atoms with Crippen molar-refractivity contribution in [2.45, 2.75) is 12.5 Å². The standard InChI is InChI=1S/C15H14N2O3S2/c1-15(19,12-3-2-6-22-12)8-16-13(18)9-4-5-10-11(7-9)20-14(21)17-10/h2-7,19H,8H2,1H3,(H,16,18)(H,17,21). The van der Waals surface area contributed by atoms with Crippen LogP contribution in [-0.2, 0) is 5.60 Å². The first-order valence-electron chi connectivity index (χ1n) is 6.63. The molecule has 0 aliphatic heterocycles. The third-order valence-electron chi connectivity index (χ3n) is 3.33. The van der Waals surface area contributed by atoms with Gasteiger partial charge in [0.2, 0.25) is 0 Å². The topological polar surface area (TPSA) is 78.3 Å². The molecule has 1 unspecified atom stereocenters. The summed E-state index contributed by atoms with van der Waals surface area (Å²) in [5, 5.41) is 15.0. The Hall–Kier alpha value is -1.96. The molecule has 1 atom stereocenters. The number of carbonyl (C=O) groups is 1. The number of carbonyl (C=O) groups excluding carboxylic acids is 1. The molecule has 1 aromatic carbocycles. The summed E-state index contributed by atoms with van der Waals surface area (Å²) in [6.45, 7) is 1.80. The molecule has 2 heterocycles. The van der Waals surface area contributed by atoms with Crippen molar-refractivity contribution in [1.82, 2.24) is 10.3 Å². The first-order chi connectivity index (χ1) is 10.5. The zero-order chi connectivity index (χ0) is 15.7. The minimum atomic E-state index is -1.10. The number of hydrogen-bond donors (Lipinski definition) is 3. The van der Waals surface area contributed by atoms with Crippen LogP contribution in [0.3, 0.4) is 0 Å². The summed E-state index contributed by atoms with van der Waals surface area (Å²) in [6.07, 6.45) is 0. The van der Waals surface area contributed by atoms with Gasteiger partial charge in [0.1, 0.15) is 5.60 Å². The van der Waals surface area contributed by atoms with Crippen LogP contribution >= 0.6 is 23.6 Å². The molecule has 22 heavy (non-hydrogen) atoms. The van der Waals surface area contributed by atoms with Gasteiger partial charge in [0.15, 0.2) is 5.58 Å². The Morgan fingerprint density at radius 1 is 1.50 bits per heavy atom. The van der Waals surface area contributed by atoms with E-state index in [9.17, 15) is 9.90 Å². The largest absolute Gasteiger partial charge is 0.429 e. The monoisotopic (exact) mass is 334 g/mol. The maximum atomic E-state index is 12.2. The fraction of sp³-hybridized carbons (Fsp3) is 0.200. The van der Waals surface area contributed by atoms with E-state index in [4.69, 9.17) is 16.6 Å². The molecule has 0 bridgehead atoms. The lowest BCUT2D eigenvalue weighted by Crippen LogP contribution is -2.38. The maximum absolute atomic E-state index is 12.2. The van der Waals surface area contributed by atoms with E-state index in [1.807, 2.05) is 17.5 Å². The van der Waals surface area contributed by atoms with Gasteiger partial charge in [-0.2, -0.15) is 0 Å². The SMILES string of the molecule is CC(O)(CNC(=O)c1ccc2[nH]c(=S)oc2c1)c1cccs1. The number of rotatable bonds is 4. The molecule has 0 aliphatic carbocycles. The number of aromatic amines is 1. The van der Waals surface area contributed by atoms with Crippen LogP contribution in [0, 0.1) is 4.84 Å². The van der Waals surface area contributed by atoms with E-state index < -0.39 is 5.60 Å². The number of aliphatic hydroxyl groups is 1. The van der Waals surface area contributed by atoms with Gasteiger partial charge >= 0.3 is 0 Å². The second-order valence-electron chi connectivity index (χ2n) is 5.16. The number of hydrogen-bond acceptors (Lipinski definition) is 5. The highest BCUT2D eigenvalue weighted by molar-refractivity contribution is 7.71. The second-order valence-corrected chi connectivity index (χ2v) is 6.48. The number of amides is 1. The molecule has 0 spiro atoms. The van der Waals surface area contributed by atoms with Crippen molar-refractivity contribution in [2.75, 3.05) is 6.54 Å². The maximum Gasteiger partial charge on any atom is 0.266 e. The Morgan fingerprint density at radius 3 is 3.05 bits per heavy atom. The van der Waals surface area contributed by atoms with Crippen LogP contribution < -0.4 is 5.32 Å². The van der Waals surface area contributed by atoms with Crippen molar-refractivity contribution in [3.8, 4) is 0 Å². The molecule has 0 saturated carbocycles. The molecular formula is C15H14N2O3S2. The third kappa shape index (κ3) is 2.96. The predicted octanol–water partition coefficient (Wildman–Crippen LogP) is 3.19. The number of fused-ring (bicyclic) bond motifs is 1. The Bertz CT molecular complexity index is 862. The highest BCUT2D eigenvalue weighted by Gasteiger charge is 2.25. The fourth-order valence-corrected chi connectivity index (χ4v) is 3.10. The van der Waals surface area contributed by atoms with Crippen molar-refractivity contribution in [3.05, 3.63) is 51.0 Å². The van der Waals surface area contributed by atoms with E-state index in [-0.39, 0.29) is 17.3 Å². The highest BCUT2D eigenvalue weighted by Crippen LogP contribution is 2.24. The lowest BCUT2D eigenvalue weighted by atomic mass is 10.0. The van der Waals surface area contributed by atoms with Gasteiger partial charge in [-0.05, 0) is 48.8 Å². The molecule has 2 aromatic heterocycles. The number of oxazole rings is 1. The van der Waals surface area contributed by atoms with Crippen LogP contribution in [-0.4, -0.2) is 22.5 Å². The third-order valence-corrected chi connectivity index (χ3v) is 4.64. The molecule has 114 valence electrons. The highest BCUT2D eigenvalue weighted by atomic mass is 32.1. The number of H-pyrrole nitrogens is 1. The molecule has 0 saturated heterocycles. The molecule has 3 N–H and O–H groups in total. The van der Waals surface area contributed by atoms with E-state index in [1.54, 1.807) is 25.1 Å². The minimum Gasteiger partial charge on any atom is -0.429 e. The van der Waals surface area contributed by atoms with E-state index in [0.717, 1.165) is 10.4 Å². The Labute approximate surface area is 135 Å². The first kappa shape index (κ1) is 15.0. The van der Waals surface area contributed by atoms with Crippen LogP contribution in [0.4, 0.5) is 0 Å². The number of nitrogens with one attached hydrogen (secondary N) is 2. The minimum absolute atomic E-state index is 0.126. The van der Waals surface area contributed by atoms with Gasteiger partial charge in [0, 0.05) is 10.4 Å². The van der Waals surface area contributed by atoms with Crippen LogP contribution in [0.1, 0.15) is 22.2 Å².